The Labute approximate surface area is 135 Å². The van der Waals surface area contributed by atoms with Crippen molar-refractivity contribution in [1.29, 1.82) is 0 Å². The van der Waals surface area contributed by atoms with Crippen LogP contribution in [0.25, 0.3) is 0 Å². The summed E-state index contributed by atoms with van der Waals surface area (Å²) < 4.78 is 10.4. The minimum atomic E-state index is -0.499. The van der Waals surface area contributed by atoms with Gasteiger partial charge in [-0.3, -0.25) is 5.32 Å². The number of carbonyl (C=O) groups excluding carboxylic acids is 2. The Morgan fingerprint density at radius 2 is 1.65 bits per heavy atom. The lowest BCUT2D eigenvalue weighted by Gasteiger charge is -2.35. The second-order valence-electron chi connectivity index (χ2n) is 5.52. The molecule has 0 bridgehead atoms. The van der Waals surface area contributed by atoms with Crippen LogP contribution in [-0.4, -0.2) is 48.9 Å². The van der Waals surface area contributed by atoms with Gasteiger partial charge in [0.25, 0.3) is 0 Å². The van der Waals surface area contributed by atoms with Gasteiger partial charge in [0.15, 0.2) is 0 Å². The number of nitrogens with zero attached hydrogens (tertiary/aromatic N) is 1. The Morgan fingerprint density at radius 3 is 2.17 bits per heavy atom. The molecular weight excluding hydrogens is 298 g/mol. The molecular formula is C16H23N3O4. The Bertz CT molecular complexity index is 537. The van der Waals surface area contributed by atoms with E-state index in [4.69, 9.17) is 9.47 Å². The van der Waals surface area contributed by atoms with Gasteiger partial charge in [-0.1, -0.05) is 0 Å². The first kappa shape index (κ1) is 17.1. The molecule has 0 aromatic heterocycles. The standard InChI is InChI=1S/C16H23N3O4/c1-4-22-16(21)18-14-7-5-13(6-8-14)17-15(20)19-9-11(2)23-12(3)10-19/h5-8,11-12H,4,9-10H2,1-3H3,(H,17,20)(H,18,21)/t11-,12-/m0/s1. The third-order valence-electron chi connectivity index (χ3n) is 3.36. The van der Waals surface area contributed by atoms with E-state index in [9.17, 15) is 9.59 Å². The van der Waals surface area contributed by atoms with Gasteiger partial charge in [-0.15, -0.1) is 0 Å². The van der Waals surface area contributed by atoms with E-state index < -0.39 is 6.09 Å². The highest BCUT2D eigenvalue weighted by Crippen LogP contribution is 2.16. The molecule has 1 heterocycles. The number of hydrogen-bond donors (Lipinski definition) is 2. The molecule has 0 spiro atoms. The van der Waals surface area contributed by atoms with Gasteiger partial charge < -0.3 is 19.7 Å². The van der Waals surface area contributed by atoms with Crippen LogP contribution in [0.1, 0.15) is 20.8 Å². The maximum absolute atomic E-state index is 12.3. The predicted molar refractivity (Wildman–Crippen MR) is 87.7 cm³/mol. The van der Waals surface area contributed by atoms with Crippen molar-refractivity contribution in [2.75, 3.05) is 30.3 Å². The van der Waals surface area contributed by atoms with Crippen molar-refractivity contribution >= 4 is 23.5 Å². The Balaban J connectivity index is 1.90. The zero-order chi connectivity index (χ0) is 16.8. The Kier molecular flexibility index (Phi) is 5.81. The summed E-state index contributed by atoms with van der Waals surface area (Å²) >= 11 is 0. The van der Waals surface area contributed by atoms with Gasteiger partial charge >= 0.3 is 12.1 Å². The van der Waals surface area contributed by atoms with Crippen LogP contribution in [0.2, 0.25) is 0 Å². The number of hydrogen-bond acceptors (Lipinski definition) is 4. The summed E-state index contributed by atoms with van der Waals surface area (Å²) in [4.78, 5) is 25.3. The number of carbonyl (C=O) groups is 2. The zero-order valence-electron chi connectivity index (χ0n) is 13.7. The fraction of sp³-hybridized carbons (Fsp3) is 0.500. The number of rotatable bonds is 3. The number of anilines is 2. The average molecular weight is 321 g/mol. The molecule has 23 heavy (non-hydrogen) atoms. The monoisotopic (exact) mass is 321 g/mol. The number of nitrogens with one attached hydrogen (secondary N) is 2. The summed E-state index contributed by atoms with van der Waals surface area (Å²) in [7, 11) is 0. The van der Waals surface area contributed by atoms with Gasteiger partial charge in [-0.25, -0.2) is 9.59 Å². The molecule has 1 saturated heterocycles. The smallest absolute Gasteiger partial charge is 0.411 e. The highest BCUT2D eigenvalue weighted by Gasteiger charge is 2.25. The fourth-order valence-electron chi connectivity index (χ4n) is 2.47. The van der Waals surface area contributed by atoms with Gasteiger partial charge in [-0.05, 0) is 45.0 Å². The van der Waals surface area contributed by atoms with Crippen molar-refractivity contribution < 1.29 is 19.1 Å². The summed E-state index contributed by atoms with van der Waals surface area (Å²) in [6, 6.07) is 6.71. The van der Waals surface area contributed by atoms with E-state index in [1.807, 2.05) is 13.8 Å². The molecule has 1 aliphatic heterocycles. The first-order chi connectivity index (χ1) is 11.0. The first-order valence-corrected chi connectivity index (χ1v) is 7.73. The molecule has 7 nitrogen and oxygen atoms in total. The number of urea groups is 1. The van der Waals surface area contributed by atoms with Gasteiger partial charge in [0, 0.05) is 24.5 Å². The van der Waals surface area contributed by atoms with E-state index in [1.165, 1.54) is 0 Å². The van der Waals surface area contributed by atoms with Crippen LogP contribution in [0.3, 0.4) is 0 Å². The van der Waals surface area contributed by atoms with E-state index >= 15 is 0 Å². The third kappa shape index (κ3) is 5.14. The van der Waals surface area contributed by atoms with Crippen molar-refractivity contribution in [3.05, 3.63) is 24.3 Å². The van der Waals surface area contributed by atoms with Crippen LogP contribution in [0.4, 0.5) is 21.0 Å². The molecule has 1 fully saturated rings. The third-order valence-corrected chi connectivity index (χ3v) is 3.36. The van der Waals surface area contributed by atoms with E-state index in [-0.39, 0.29) is 18.2 Å². The second kappa shape index (κ2) is 7.82. The summed E-state index contributed by atoms with van der Waals surface area (Å²) in [5.74, 6) is 0. The summed E-state index contributed by atoms with van der Waals surface area (Å²) in [6.07, 6.45) is -0.443. The molecule has 2 N–H and O–H groups in total. The second-order valence-corrected chi connectivity index (χ2v) is 5.52. The van der Waals surface area contributed by atoms with Gasteiger partial charge in [0.1, 0.15) is 0 Å². The van der Waals surface area contributed by atoms with Gasteiger partial charge in [0.05, 0.1) is 18.8 Å². The Morgan fingerprint density at radius 1 is 1.13 bits per heavy atom. The van der Waals surface area contributed by atoms with Crippen LogP contribution in [-0.2, 0) is 9.47 Å². The highest BCUT2D eigenvalue weighted by atomic mass is 16.5. The van der Waals surface area contributed by atoms with Crippen molar-refractivity contribution in [2.45, 2.75) is 33.0 Å². The van der Waals surface area contributed by atoms with E-state index in [2.05, 4.69) is 10.6 Å². The van der Waals surface area contributed by atoms with Crippen LogP contribution in [0, 0.1) is 0 Å². The van der Waals surface area contributed by atoms with Crippen LogP contribution in [0.5, 0.6) is 0 Å². The minimum absolute atomic E-state index is 0.0284. The number of morpholine rings is 1. The average Bonchev–Trinajstić information content (AvgIpc) is 2.48. The Hall–Kier alpha value is -2.28. The molecule has 1 aromatic carbocycles. The highest BCUT2D eigenvalue weighted by molar-refractivity contribution is 5.90. The summed E-state index contributed by atoms with van der Waals surface area (Å²) in [5, 5.41) is 5.44. The number of benzene rings is 1. The number of ether oxygens (including phenoxy) is 2. The topological polar surface area (TPSA) is 79.9 Å². The first-order valence-electron chi connectivity index (χ1n) is 7.73. The van der Waals surface area contributed by atoms with Crippen LogP contribution >= 0.6 is 0 Å². The maximum Gasteiger partial charge on any atom is 0.411 e. The lowest BCUT2D eigenvalue weighted by molar-refractivity contribution is -0.0530. The molecule has 3 amide bonds. The molecule has 7 heteroatoms. The molecule has 0 aliphatic carbocycles. The van der Waals surface area contributed by atoms with Crippen LogP contribution in [0.15, 0.2) is 24.3 Å². The molecule has 0 saturated carbocycles. The van der Waals surface area contributed by atoms with Crippen molar-refractivity contribution in [3.63, 3.8) is 0 Å². The van der Waals surface area contributed by atoms with E-state index in [0.29, 0.717) is 31.1 Å². The largest absolute Gasteiger partial charge is 0.450 e. The molecule has 2 rings (SSSR count). The fourth-order valence-corrected chi connectivity index (χ4v) is 2.47. The zero-order valence-corrected chi connectivity index (χ0v) is 13.7. The van der Waals surface area contributed by atoms with Gasteiger partial charge in [0.2, 0.25) is 0 Å². The van der Waals surface area contributed by atoms with E-state index in [0.717, 1.165) is 0 Å². The normalized spacial score (nSPS) is 20.7. The molecule has 2 atom stereocenters. The van der Waals surface area contributed by atoms with Crippen molar-refractivity contribution in [2.24, 2.45) is 0 Å². The summed E-state index contributed by atoms with van der Waals surface area (Å²) in [5.41, 5.74) is 1.27. The van der Waals surface area contributed by atoms with Gasteiger partial charge in [-0.2, -0.15) is 0 Å². The molecule has 1 aromatic rings. The van der Waals surface area contributed by atoms with Crippen molar-refractivity contribution in [1.82, 2.24) is 4.90 Å². The molecule has 0 radical (unpaired) electrons. The quantitative estimate of drug-likeness (QED) is 0.897. The molecule has 0 unspecified atom stereocenters. The summed E-state index contributed by atoms with van der Waals surface area (Å²) in [6.45, 7) is 7.09. The molecule has 1 aliphatic rings. The lowest BCUT2D eigenvalue weighted by Crippen LogP contribution is -2.49. The SMILES string of the molecule is CCOC(=O)Nc1ccc(NC(=O)N2C[C@H](C)O[C@@H](C)C2)cc1. The lowest BCUT2D eigenvalue weighted by atomic mass is 10.2. The number of amides is 3. The minimum Gasteiger partial charge on any atom is -0.450 e. The van der Waals surface area contributed by atoms with Crippen molar-refractivity contribution in [3.8, 4) is 0 Å². The van der Waals surface area contributed by atoms with E-state index in [1.54, 1.807) is 36.1 Å². The predicted octanol–water partition coefficient (Wildman–Crippen LogP) is 2.90. The maximum atomic E-state index is 12.3. The molecule has 126 valence electrons. The van der Waals surface area contributed by atoms with Crippen LogP contribution < -0.4 is 10.6 Å².